The highest BCUT2D eigenvalue weighted by Crippen LogP contribution is 2.23. The molecular weight excluding hydrogens is 192 g/mol. The van der Waals surface area contributed by atoms with E-state index in [1.807, 2.05) is 5.51 Å². The number of thiazole rings is 1. The monoisotopic (exact) mass is 206 g/mol. The average Bonchev–Trinajstić information content (AvgIpc) is 2.67. The predicted octanol–water partition coefficient (Wildman–Crippen LogP) is 2.58. The van der Waals surface area contributed by atoms with Crippen molar-refractivity contribution in [2.24, 2.45) is 5.73 Å². The zero-order valence-electron chi connectivity index (χ0n) is 8.07. The normalized spacial score (nSPS) is 10.9. The summed E-state index contributed by atoms with van der Waals surface area (Å²) in [5.41, 5.74) is 9.93. The standard InChI is InChI=1S/C11H14N2S/c12-7-2-1-4-9-5-3-6-10-11(9)14-8-13-10/h3,5-6,8H,1-2,4,7,12H2. The Morgan fingerprint density at radius 1 is 1.29 bits per heavy atom. The van der Waals surface area contributed by atoms with Crippen LogP contribution < -0.4 is 5.73 Å². The van der Waals surface area contributed by atoms with Gasteiger partial charge >= 0.3 is 0 Å². The van der Waals surface area contributed by atoms with Crippen LogP contribution in [0.1, 0.15) is 18.4 Å². The van der Waals surface area contributed by atoms with Crippen molar-refractivity contribution in [2.45, 2.75) is 19.3 Å². The van der Waals surface area contributed by atoms with Gasteiger partial charge < -0.3 is 5.73 Å². The summed E-state index contributed by atoms with van der Waals surface area (Å²) >= 11 is 1.73. The van der Waals surface area contributed by atoms with Crippen LogP contribution in [-0.4, -0.2) is 11.5 Å². The fourth-order valence-corrected chi connectivity index (χ4v) is 2.44. The number of aryl methyl sites for hydroxylation is 1. The van der Waals surface area contributed by atoms with E-state index in [-0.39, 0.29) is 0 Å². The molecule has 74 valence electrons. The molecule has 0 atom stereocenters. The second-order valence-corrected chi connectivity index (χ2v) is 4.22. The summed E-state index contributed by atoms with van der Waals surface area (Å²) in [7, 11) is 0. The fraction of sp³-hybridized carbons (Fsp3) is 0.364. The van der Waals surface area contributed by atoms with Gasteiger partial charge in [0.15, 0.2) is 0 Å². The third-order valence-electron chi connectivity index (χ3n) is 2.34. The van der Waals surface area contributed by atoms with E-state index in [0.717, 1.165) is 24.9 Å². The molecule has 2 aromatic rings. The lowest BCUT2D eigenvalue weighted by Crippen LogP contribution is -1.98. The van der Waals surface area contributed by atoms with Gasteiger partial charge in [0.05, 0.1) is 15.7 Å². The molecule has 0 spiro atoms. The second kappa shape index (κ2) is 4.53. The highest BCUT2D eigenvalue weighted by Gasteiger charge is 2.02. The molecule has 1 heterocycles. The van der Waals surface area contributed by atoms with E-state index in [1.165, 1.54) is 16.7 Å². The Balaban J connectivity index is 2.19. The first kappa shape index (κ1) is 9.62. The molecule has 0 saturated carbocycles. The largest absolute Gasteiger partial charge is 0.330 e. The van der Waals surface area contributed by atoms with Gasteiger partial charge in [0.2, 0.25) is 0 Å². The minimum Gasteiger partial charge on any atom is -0.330 e. The Hall–Kier alpha value is -0.930. The van der Waals surface area contributed by atoms with E-state index >= 15 is 0 Å². The van der Waals surface area contributed by atoms with E-state index < -0.39 is 0 Å². The van der Waals surface area contributed by atoms with Crippen LogP contribution in [0.3, 0.4) is 0 Å². The number of nitrogens with zero attached hydrogens (tertiary/aromatic N) is 1. The summed E-state index contributed by atoms with van der Waals surface area (Å²) in [4.78, 5) is 4.30. The van der Waals surface area contributed by atoms with Crippen LogP contribution in [0.4, 0.5) is 0 Å². The van der Waals surface area contributed by atoms with E-state index in [9.17, 15) is 0 Å². The number of hydrogen-bond acceptors (Lipinski definition) is 3. The number of rotatable bonds is 4. The van der Waals surface area contributed by atoms with Gasteiger partial charge in [0.1, 0.15) is 0 Å². The first-order valence-electron chi connectivity index (χ1n) is 4.93. The zero-order valence-corrected chi connectivity index (χ0v) is 8.89. The minimum atomic E-state index is 0.790. The Labute approximate surface area is 87.8 Å². The van der Waals surface area contributed by atoms with Crippen molar-refractivity contribution in [2.75, 3.05) is 6.54 Å². The minimum absolute atomic E-state index is 0.790. The van der Waals surface area contributed by atoms with Gasteiger partial charge in [-0.1, -0.05) is 12.1 Å². The Morgan fingerprint density at radius 2 is 2.21 bits per heavy atom. The second-order valence-electron chi connectivity index (χ2n) is 3.36. The topological polar surface area (TPSA) is 38.9 Å². The molecule has 0 amide bonds. The van der Waals surface area contributed by atoms with Crippen molar-refractivity contribution in [3.05, 3.63) is 29.3 Å². The van der Waals surface area contributed by atoms with Crippen molar-refractivity contribution in [1.29, 1.82) is 0 Å². The lowest BCUT2D eigenvalue weighted by molar-refractivity contribution is 0.748. The maximum atomic E-state index is 5.48. The van der Waals surface area contributed by atoms with Gasteiger partial charge in [-0.15, -0.1) is 11.3 Å². The maximum absolute atomic E-state index is 5.48. The number of fused-ring (bicyclic) bond motifs is 1. The summed E-state index contributed by atoms with van der Waals surface area (Å²) in [6, 6.07) is 6.34. The van der Waals surface area contributed by atoms with Crippen molar-refractivity contribution in [1.82, 2.24) is 4.98 Å². The van der Waals surface area contributed by atoms with Crippen LogP contribution in [-0.2, 0) is 6.42 Å². The molecule has 2 N–H and O–H groups in total. The average molecular weight is 206 g/mol. The summed E-state index contributed by atoms with van der Waals surface area (Å²) in [5, 5.41) is 0. The van der Waals surface area contributed by atoms with E-state index in [0.29, 0.717) is 0 Å². The van der Waals surface area contributed by atoms with Crippen LogP contribution in [0.2, 0.25) is 0 Å². The van der Waals surface area contributed by atoms with Crippen molar-refractivity contribution < 1.29 is 0 Å². The van der Waals surface area contributed by atoms with E-state index in [2.05, 4.69) is 23.2 Å². The van der Waals surface area contributed by atoms with Crippen LogP contribution in [0, 0.1) is 0 Å². The molecule has 0 bridgehead atoms. The molecule has 0 saturated heterocycles. The van der Waals surface area contributed by atoms with Gasteiger partial charge in [-0.2, -0.15) is 0 Å². The number of aromatic nitrogens is 1. The lowest BCUT2D eigenvalue weighted by atomic mass is 10.1. The number of hydrogen-bond donors (Lipinski definition) is 1. The fourth-order valence-electron chi connectivity index (χ4n) is 1.60. The number of benzene rings is 1. The van der Waals surface area contributed by atoms with Gasteiger partial charge in [-0.3, -0.25) is 0 Å². The molecule has 1 aromatic heterocycles. The molecule has 0 aliphatic rings. The number of nitrogens with two attached hydrogens (primary N) is 1. The Kier molecular flexibility index (Phi) is 3.11. The highest BCUT2D eigenvalue weighted by molar-refractivity contribution is 7.16. The van der Waals surface area contributed by atoms with Crippen molar-refractivity contribution in [3.8, 4) is 0 Å². The smallest absolute Gasteiger partial charge is 0.0814 e. The maximum Gasteiger partial charge on any atom is 0.0814 e. The van der Waals surface area contributed by atoms with Crippen molar-refractivity contribution >= 4 is 21.6 Å². The zero-order chi connectivity index (χ0) is 9.80. The molecular formula is C11H14N2S. The molecule has 1 aromatic carbocycles. The van der Waals surface area contributed by atoms with Gasteiger partial charge in [-0.25, -0.2) is 4.98 Å². The summed E-state index contributed by atoms with van der Waals surface area (Å²) in [6.07, 6.45) is 3.40. The Bertz CT molecular complexity index is 408. The lowest BCUT2D eigenvalue weighted by Gasteiger charge is -2.01. The van der Waals surface area contributed by atoms with Crippen LogP contribution in [0.5, 0.6) is 0 Å². The molecule has 2 rings (SSSR count). The quantitative estimate of drug-likeness (QED) is 0.781. The molecule has 14 heavy (non-hydrogen) atoms. The van der Waals surface area contributed by atoms with Crippen molar-refractivity contribution in [3.63, 3.8) is 0 Å². The van der Waals surface area contributed by atoms with E-state index in [4.69, 9.17) is 5.73 Å². The summed E-state index contributed by atoms with van der Waals surface area (Å²) < 4.78 is 1.34. The van der Waals surface area contributed by atoms with Crippen LogP contribution in [0.25, 0.3) is 10.2 Å². The molecule has 2 nitrogen and oxygen atoms in total. The van der Waals surface area contributed by atoms with E-state index in [1.54, 1.807) is 11.3 Å². The molecule has 0 radical (unpaired) electrons. The van der Waals surface area contributed by atoms with Crippen LogP contribution >= 0.6 is 11.3 Å². The molecule has 0 fully saturated rings. The third kappa shape index (κ3) is 1.94. The third-order valence-corrected chi connectivity index (χ3v) is 3.26. The highest BCUT2D eigenvalue weighted by atomic mass is 32.1. The van der Waals surface area contributed by atoms with Gasteiger partial charge in [0.25, 0.3) is 0 Å². The Morgan fingerprint density at radius 3 is 3.07 bits per heavy atom. The number of unbranched alkanes of at least 4 members (excludes halogenated alkanes) is 1. The molecule has 0 unspecified atom stereocenters. The first-order chi connectivity index (χ1) is 6.92. The predicted molar refractivity (Wildman–Crippen MR) is 61.6 cm³/mol. The molecule has 3 heteroatoms. The first-order valence-corrected chi connectivity index (χ1v) is 5.81. The summed E-state index contributed by atoms with van der Waals surface area (Å²) in [5.74, 6) is 0. The SMILES string of the molecule is NCCCCc1cccc2ncsc12. The molecule has 0 aliphatic carbocycles. The van der Waals surface area contributed by atoms with Gasteiger partial charge in [0, 0.05) is 0 Å². The summed E-state index contributed by atoms with van der Waals surface area (Å²) in [6.45, 7) is 0.790. The van der Waals surface area contributed by atoms with Gasteiger partial charge in [-0.05, 0) is 37.4 Å². The van der Waals surface area contributed by atoms with Crippen LogP contribution in [0.15, 0.2) is 23.7 Å². The molecule has 0 aliphatic heterocycles.